The average Bonchev–Trinajstić information content (AvgIpc) is 3.29. The zero-order valence-electron chi connectivity index (χ0n) is 25.1. The summed E-state index contributed by atoms with van der Waals surface area (Å²) in [5.74, 6) is 0.447. The Bertz CT molecular complexity index is 1450. The van der Waals surface area contributed by atoms with Gasteiger partial charge >= 0.3 is 5.97 Å². The number of ether oxygens (including phenoxy) is 2. The van der Waals surface area contributed by atoms with Crippen molar-refractivity contribution in [2.24, 2.45) is 5.92 Å². The van der Waals surface area contributed by atoms with Crippen molar-refractivity contribution in [3.63, 3.8) is 0 Å². The highest BCUT2D eigenvalue weighted by Gasteiger charge is 2.75. The summed E-state index contributed by atoms with van der Waals surface area (Å²) in [6.45, 7) is 13.8. The molecule has 2 fully saturated rings. The van der Waals surface area contributed by atoms with E-state index in [1.807, 2.05) is 48.2 Å². The minimum atomic E-state index is -0.836. The van der Waals surface area contributed by atoms with Crippen LogP contribution in [0.1, 0.15) is 62.3 Å². The Morgan fingerprint density at radius 2 is 2.07 bits per heavy atom. The van der Waals surface area contributed by atoms with E-state index in [4.69, 9.17) is 9.47 Å². The zero-order valence-corrected chi connectivity index (χ0v) is 25.1. The van der Waals surface area contributed by atoms with E-state index in [-0.39, 0.29) is 35.6 Å². The Morgan fingerprint density at radius 3 is 2.79 bits per heavy atom. The molecular formula is C35H42N2O5. The summed E-state index contributed by atoms with van der Waals surface area (Å²) in [6.07, 6.45) is 7.62. The number of phenols is 1. The molecule has 42 heavy (non-hydrogen) atoms. The SMILES string of the molecule is C=CCN1CC[C@]23c4c5ccc(O)c4O[C@H]2[C@H](N(CC(C)C)C(=O)C=Cc2cccc(C)c2)CC[C@@]3(OC(C)=O)[C@H]1C5. The number of hydrogen-bond donors (Lipinski definition) is 1. The third-order valence-electron chi connectivity index (χ3n) is 9.90. The highest BCUT2D eigenvalue weighted by molar-refractivity contribution is 5.92. The molecule has 2 bridgehead atoms. The average molecular weight is 571 g/mol. The summed E-state index contributed by atoms with van der Waals surface area (Å²) >= 11 is 0. The second-order valence-corrected chi connectivity index (χ2v) is 12.9. The first-order valence-electron chi connectivity index (χ1n) is 15.2. The summed E-state index contributed by atoms with van der Waals surface area (Å²) in [6, 6.07) is 11.5. The normalized spacial score (nSPS) is 29.2. The molecule has 0 aromatic heterocycles. The fourth-order valence-electron chi connectivity index (χ4n) is 8.56. The molecular weight excluding hydrogens is 528 g/mol. The van der Waals surface area contributed by atoms with E-state index < -0.39 is 17.1 Å². The smallest absolute Gasteiger partial charge is 0.303 e. The molecule has 222 valence electrons. The number of aromatic hydroxyl groups is 1. The Balaban J connectivity index is 1.47. The van der Waals surface area contributed by atoms with E-state index in [0.29, 0.717) is 44.5 Å². The van der Waals surface area contributed by atoms with E-state index in [1.54, 1.807) is 12.1 Å². The van der Waals surface area contributed by atoms with Crippen molar-refractivity contribution in [3.05, 3.63) is 77.4 Å². The molecule has 2 aliphatic carbocycles. The lowest BCUT2D eigenvalue weighted by atomic mass is 9.48. The van der Waals surface area contributed by atoms with Gasteiger partial charge in [-0.3, -0.25) is 14.5 Å². The monoisotopic (exact) mass is 570 g/mol. The summed E-state index contributed by atoms with van der Waals surface area (Å²) in [4.78, 5) is 31.2. The molecule has 5 atom stereocenters. The fraction of sp³-hybridized carbons (Fsp3) is 0.486. The zero-order chi connectivity index (χ0) is 29.8. The van der Waals surface area contributed by atoms with Crippen molar-refractivity contribution >= 4 is 18.0 Å². The van der Waals surface area contributed by atoms with Crippen LogP contribution in [0.4, 0.5) is 0 Å². The van der Waals surface area contributed by atoms with Crippen LogP contribution in [-0.2, 0) is 26.2 Å². The molecule has 2 aliphatic heterocycles. The van der Waals surface area contributed by atoms with Gasteiger partial charge in [0, 0.05) is 38.2 Å². The van der Waals surface area contributed by atoms with Crippen LogP contribution >= 0.6 is 0 Å². The molecule has 1 spiro atoms. The van der Waals surface area contributed by atoms with Crippen LogP contribution in [0.5, 0.6) is 11.5 Å². The highest BCUT2D eigenvalue weighted by Crippen LogP contribution is 2.67. The van der Waals surface area contributed by atoms with E-state index >= 15 is 0 Å². The molecule has 2 heterocycles. The summed E-state index contributed by atoms with van der Waals surface area (Å²) < 4.78 is 13.3. The molecule has 2 aromatic rings. The first-order chi connectivity index (χ1) is 20.1. The molecule has 7 nitrogen and oxygen atoms in total. The van der Waals surface area contributed by atoms with Gasteiger partial charge in [0.05, 0.1) is 17.5 Å². The number of nitrogens with zero attached hydrogens (tertiary/aromatic N) is 2. The summed E-state index contributed by atoms with van der Waals surface area (Å²) in [5.41, 5.74) is 2.69. The predicted octanol–water partition coefficient (Wildman–Crippen LogP) is 5.18. The molecule has 1 saturated heterocycles. The van der Waals surface area contributed by atoms with Crippen molar-refractivity contribution in [1.29, 1.82) is 0 Å². The maximum atomic E-state index is 14.0. The van der Waals surface area contributed by atoms with Gasteiger partial charge in [0.15, 0.2) is 11.5 Å². The third-order valence-corrected chi connectivity index (χ3v) is 9.90. The van der Waals surface area contributed by atoms with E-state index in [2.05, 4.69) is 31.4 Å². The van der Waals surface area contributed by atoms with Crippen LogP contribution < -0.4 is 4.74 Å². The number of aryl methyl sites for hydroxylation is 1. The number of piperidine rings is 1. The molecule has 2 aromatic carbocycles. The van der Waals surface area contributed by atoms with E-state index in [0.717, 1.165) is 28.8 Å². The standard InChI is InChI=1S/C35H42N2O5/c1-6-17-36-18-16-34-31-26-11-12-28(39)32(31)41-33(34)27(14-15-35(34,29(36)20-26)42-24(5)38)37(21-22(2)3)30(40)13-10-25-9-7-8-23(4)19-25/h6-13,19,22,27,29,33,39H,1,14-18,20-21H2,2-5H3/t27-,29-,33+,34+,35-/m1/s1. The van der Waals surface area contributed by atoms with Gasteiger partial charge in [0.25, 0.3) is 0 Å². The van der Waals surface area contributed by atoms with Crippen LogP contribution in [0.2, 0.25) is 0 Å². The minimum Gasteiger partial charge on any atom is -0.504 e. The van der Waals surface area contributed by atoms with E-state index in [9.17, 15) is 14.7 Å². The van der Waals surface area contributed by atoms with Gasteiger partial charge in [-0.2, -0.15) is 0 Å². The number of amides is 1. The lowest BCUT2D eigenvalue weighted by molar-refractivity contribution is -0.223. The van der Waals surface area contributed by atoms with Crippen molar-refractivity contribution in [2.75, 3.05) is 19.6 Å². The molecule has 1 amide bonds. The Morgan fingerprint density at radius 1 is 1.26 bits per heavy atom. The van der Waals surface area contributed by atoms with Gasteiger partial charge < -0.3 is 19.5 Å². The Labute approximate surface area is 248 Å². The number of esters is 1. The van der Waals surface area contributed by atoms with Crippen molar-refractivity contribution in [2.45, 2.75) is 82.6 Å². The number of phenolic OH excluding ortho intramolecular Hbond substituents is 1. The van der Waals surface area contributed by atoms with Crippen LogP contribution in [0.15, 0.2) is 55.1 Å². The summed E-state index contributed by atoms with van der Waals surface area (Å²) in [5, 5.41) is 11.1. The third kappa shape index (κ3) is 4.27. The molecule has 6 rings (SSSR count). The summed E-state index contributed by atoms with van der Waals surface area (Å²) in [7, 11) is 0. The molecule has 0 unspecified atom stereocenters. The number of hydrogen-bond acceptors (Lipinski definition) is 6. The molecule has 1 saturated carbocycles. The van der Waals surface area contributed by atoms with Crippen molar-refractivity contribution < 1.29 is 24.2 Å². The van der Waals surface area contributed by atoms with Gasteiger partial charge in [0.1, 0.15) is 11.7 Å². The van der Waals surface area contributed by atoms with Crippen LogP contribution in [0.3, 0.4) is 0 Å². The number of carbonyl (C=O) groups is 2. The lowest BCUT2D eigenvalue weighted by Gasteiger charge is -2.65. The number of likely N-dealkylation sites (tertiary alicyclic amines) is 1. The van der Waals surface area contributed by atoms with Crippen LogP contribution in [-0.4, -0.2) is 70.2 Å². The quantitative estimate of drug-likeness (QED) is 0.268. The fourth-order valence-corrected chi connectivity index (χ4v) is 8.56. The van der Waals surface area contributed by atoms with Crippen molar-refractivity contribution in [3.8, 4) is 11.5 Å². The maximum absolute atomic E-state index is 14.0. The minimum absolute atomic E-state index is 0.0568. The maximum Gasteiger partial charge on any atom is 0.303 e. The highest BCUT2D eigenvalue weighted by atomic mass is 16.6. The molecule has 0 radical (unpaired) electrons. The van der Waals surface area contributed by atoms with Gasteiger partial charge in [0.2, 0.25) is 5.91 Å². The van der Waals surface area contributed by atoms with Gasteiger partial charge in [-0.15, -0.1) is 6.58 Å². The van der Waals surface area contributed by atoms with Gasteiger partial charge in [-0.25, -0.2) is 0 Å². The van der Waals surface area contributed by atoms with Crippen LogP contribution in [0.25, 0.3) is 6.08 Å². The van der Waals surface area contributed by atoms with Gasteiger partial charge in [-0.1, -0.05) is 55.8 Å². The second-order valence-electron chi connectivity index (χ2n) is 12.9. The Kier molecular flexibility index (Phi) is 7.20. The van der Waals surface area contributed by atoms with Gasteiger partial charge in [-0.05, 0) is 61.8 Å². The number of benzene rings is 2. The molecule has 1 N–H and O–H groups in total. The first kappa shape index (κ1) is 28.5. The lowest BCUT2D eigenvalue weighted by Crippen LogP contribution is -2.79. The Hall–Kier alpha value is -3.58. The molecule has 4 aliphatic rings. The topological polar surface area (TPSA) is 79.3 Å². The predicted molar refractivity (Wildman–Crippen MR) is 162 cm³/mol. The number of rotatable bonds is 8. The van der Waals surface area contributed by atoms with Crippen molar-refractivity contribution in [1.82, 2.24) is 9.80 Å². The first-order valence-corrected chi connectivity index (χ1v) is 15.2. The van der Waals surface area contributed by atoms with Crippen LogP contribution in [0, 0.1) is 12.8 Å². The largest absolute Gasteiger partial charge is 0.504 e. The number of carbonyl (C=O) groups excluding carboxylic acids is 2. The molecule has 7 heteroatoms. The van der Waals surface area contributed by atoms with E-state index in [1.165, 1.54) is 6.92 Å². The second kappa shape index (κ2) is 10.6.